The monoisotopic (exact) mass is 564 g/mol. The van der Waals surface area contributed by atoms with Crippen molar-refractivity contribution in [1.29, 1.82) is 0 Å². The number of ether oxygens (including phenoxy) is 1. The van der Waals surface area contributed by atoms with Gasteiger partial charge in [-0.3, -0.25) is 14.5 Å². The molecule has 1 aromatic heterocycles. The molecule has 0 radical (unpaired) electrons. The number of carbonyl (C=O) groups excluding carboxylic acids is 2. The number of morpholine rings is 1. The van der Waals surface area contributed by atoms with E-state index in [1.54, 1.807) is 35.9 Å². The van der Waals surface area contributed by atoms with Gasteiger partial charge in [0.05, 0.1) is 25.0 Å². The number of halogens is 3. The lowest BCUT2D eigenvalue weighted by atomic mass is 9.96. The van der Waals surface area contributed by atoms with E-state index in [0.29, 0.717) is 48.7 Å². The van der Waals surface area contributed by atoms with Crippen LogP contribution >= 0.6 is 0 Å². The van der Waals surface area contributed by atoms with Crippen molar-refractivity contribution < 1.29 is 27.5 Å². The minimum absolute atomic E-state index is 0.169. The third-order valence-electron chi connectivity index (χ3n) is 7.33. The maximum Gasteiger partial charge on any atom is 0.416 e. The quantitative estimate of drug-likeness (QED) is 0.342. The van der Waals surface area contributed by atoms with Crippen LogP contribution in [-0.4, -0.2) is 58.5 Å². The van der Waals surface area contributed by atoms with Crippen LogP contribution in [0, 0.1) is 18.8 Å². The van der Waals surface area contributed by atoms with Crippen molar-refractivity contribution in [2.45, 2.75) is 44.9 Å². The summed E-state index contributed by atoms with van der Waals surface area (Å²) in [5.74, 6) is 5.80. The Morgan fingerprint density at radius 1 is 1.10 bits per heavy atom. The van der Waals surface area contributed by atoms with Crippen molar-refractivity contribution in [3.05, 3.63) is 87.5 Å². The van der Waals surface area contributed by atoms with E-state index in [-0.39, 0.29) is 42.1 Å². The molecule has 1 saturated heterocycles. The Morgan fingerprint density at radius 2 is 1.85 bits per heavy atom. The van der Waals surface area contributed by atoms with Crippen LogP contribution in [0.1, 0.15) is 67.3 Å². The number of aryl methyl sites for hydroxylation is 1. The van der Waals surface area contributed by atoms with Gasteiger partial charge in [-0.25, -0.2) is 4.98 Å². The zero-order chi connectivity index (χ0) is 29.1. The number of aromatic nitrogens is 2. The van der Waals surface area contributed by atoms with Gasteiger partial charge in [0.25, 0.3) is 5.91 Å². The SMILES string of the molecule is Cc1ccc(C(=O)Cc2ccc(CN3CCOCC3)c(C(F)(F)F)c2)cc1C#Cc1cnc(C(=O)NC2CC2)n1C. The molecule has 7 nitrogen and oxygen atoms in total. The topological polar surface area (TPSA) is 76.5 Å². The average molecular weight is 565 g/mol. The zero-order valence-electron chi connectivity index (χ0n) is 23.0. The molecular weight excluding hydrogens is 533 g/mol. The van der Waals surface area contributed by atoms with Crippen molar-refractivity contribution in [3.8, 4) is 11.8 Å². The van der Waals surface area contributed by atoms with Crippen molar-refractivity contribution in [2.24, 2.45) is 7.05 Å². The number of benzene rings is 2. The maximum atomic E-state index is 13.9. The molecule has 214 valence electrons. The van der Waals surface area contributed by atoms with E-state index in [1.165, 1.54) is 12.3 Å². The van der Waals surface area contributed by atoms with E-state index in [0.717, 1.165) is 24.5 Å². The van der Waals surface area contributed by atoms with E-state index in [9.17, 15) is 22.8 Å². The fourth-order valence-electron chi connectivity index (χ4n) is 4.70. The number of nitrogens with one attached hydrogen (secondary N) is 1. The number of alkyl halides is 3. The predicted octanol–water partition coefficient (Wildman–Crippen LogP) is 4.30. The number of ketones is 1. The molecule has 1 aliphatic carbocycles. The van der Waals surface area contributed by atoms with E-state index < -0.39 is 11.7 Å². The smallest absolute Gasteiger partial charge is 0.379 e. The minimum atomic E-state index is -4.53. The van der Waals surface area contributed by atoms with Crippen LogP contribution in [-0.2, 0) is 30.9 Å². The Labute approximate surface area is 236 Å². The lowest BCUT2D eigenvalue weighted by Gasteiger charge is -2.27. The Bertz CT molecular complexity index is 1520. The van der Waals surface area contributed by atoms with Crippen molar-refractivity contribution in [1.82, 2.24) is 19.8 Å². The third kappa shape index (κ3) is 7.04. The van der Waals surface area contributed by atoms with Crippen LogP contribution in [0.5, 0.6) is 0 Å². The fourth-order valence-corrected chi connectivity index (χ4v) is 4.70. The van der Waals surface area contributed by atoms with Gasteiger partial charge in [0.15, 0.2) is 11.6 Å². The summed E-state index contributed by atoms with van der Waals surface area (Å²) in [6, 6.07) is 9.44. The van der Waals surface area contributed by atoms with Crippen LogP contribution in [0.2, 0.25) is 0 Å². The molecule has 2 fully saturated rings. The minimum Gasteiger partial charge on any atom is -0.379 e. The van der Waals surface area contributed by atoms with Gasteiger partial charge < -0.3 is 14.6 Å². The molecule has 1 amide bonds. The summed E-state index contributed by atoms with van der Waals surface area (Å²) in [7, 11) is 1.72. The zero-order valence-corrected chi connectivity index (χ0v) is 23.0. The standard InChI is InChI=1S/C31H31F3N4O3/c1-20-3-5-23(17-22(20)7-10-26-18-35-29(37(26)2)30(40)36-25-8-9-25)28(39)16-21-4-6-24(27(15-21)31(32,33)34)19-38-11-13-41-14-12-38/h3-6,15,17-18,25H,8-9,11-14,16,19H2,1-2H3,(H,36,40). The van der Waals surface area contributed by atoms with Crippen molar-refractivity contribution >= 4 is 11.7 Å². The Hall–Kier alpha value is -3.94. The van der Waals surface area contributed by atoms with Crippen molar-refractivity contribution in [3.63, 3.8) is 0 Å². The van der Waals surface area contributed by atoms with E-state index >= 15 is 0 Å². The molecule has 5 rings (SSSR count). The van der Waals surface area contributed by atoms with Crippen LogP contribution in [0.15, 0.2) is 42.6 Å². The van der Waals surface area contributed by atoms with Crippen LogP contribution < -0.4 is 5.32 Å². The Kier molecular flexibility index (Phi) is 8.29. The lowest BCUT2D eigenvalue weighted by Crippen LogP contribution is -2.36. The number of Topliss-reactive ketones (excluding diaryl/α,β-unsaturated/α-hetero) is 1. The summed E-state index contributed by atoms with van der Waals surface area (Å²) in [4.78, 5) is 31.6. The first-order chi connectivity index (χ1) is 19.6. The normalized spacial score (nSPS) is 15.7. The van der Waals surface area contributed by atoms with E-state index in [2.05, 4.69) is 22.1 Å². The van der Waals surface area contributed by atoms with Gasteiger partial charge >= 0.3 is 6.18 Å². The summed E-state index contributed by atoms with van der Waals surface area (Å²) in [6.45, 7) is 4.19. The van der Waals surface area contributed by atoms with Gasteiger partial charge in [0.1, 0.15) is 5.69 Å². The molecule has 1 aliphatic heterocycles. The highest BCUT2D eigenvalue weighted by Gasteiger charge is 2.34. The number of carbonyl (C=O) groups is 2. The van der Waals surface area contributed by atoms with Crippen LogP contribution in [0.3, 0.4) is 0 Å². The Morgan fingerprint density at radius 3 is 2.56 bits per heavy atom. The summed E-state index contributed by atoms with van der Waals surface area (Å²) in [5, 5.41) is 2.90. The molecule has 2 aliphatic rings. The molecule has 2 heterocycles. The molecule has 3 aromatic rings. The van der Waals surface area contributed by atoms with Gasteiger partial charge in [-0.2, -0.15) is 13.2 Å². The first kappa shape index (κ1) is 28.6. The highest BCUT2D eigenvalue weighted by molar-refractivity contribution is 5.98. The number of hydrogen-bond donors (Lipinski definition) is 1. The van der Waals surface area contributed by atoms with Gasteiger partial charge in [-0.15, -0.1) is 0 Å². The summed E-state index contributed by atoms with van der Waals surface area (Å²) >= 11 is 0. The van der Waals surface area contributed by atoms with Crippen LogP contribution in [0.25, 0.3) is 0 Å². The molecule has 0 unspecified atom stereocenters. The number of imidazole rings is 1. The summed E-state index contributed by atoms with van der Waals surface area (Å²) < 4.78 is 48.7. The second-order valence-electron chi connectivity index (χ2n) is 10.5. The lowest BCUT2D eigenvalue weighted by molar-refractivity contribution is -0.138. The molecule has 2 aromatic carbocycles. The first-order valence-corrected chi connectivity index (χ1v) is 13.6. The highest BCUT2D eigenvalue weighted by atomic mass is 19.4. The molecule has 10 heteroatoms. The number of nitrogens with zero attached hydrogens (tertiary/aromatic N) is 3. The largest absolute Gasteiger partial charge is 0.416 e. The number of rotatable bonds is 7. The van der Waals surface area contributed by atoms with Gasteiger partial charge in [-0.1, -0.05) is 30.2 Å². The maximum absolute atomic E-state index is 13.9. The number of amides is 1. The molecule has 1 saturated carbocycles. The molecule has 0 spiro atoms. The van der Waals surface area contributed by atoms with Gasteiger partial charge in [0.2, 0.25) is 0 Å². The van der Waals surface area contributed by atoms with E-state index in [1.807, 2.05) is 11.8 Å². The highest BCUT2D eigenvalue weighted by Crippen LogP contribution is 2.34. The molecular formula is C31H31F3N4O3. The first-order valence-electron chi connectivity index (χ1n) is 13.6. The Balaban J connectivity index is 1.32. The molecule has 1 N–H and O–H groups in total. The second kappa shape index (κ2) is 11.9. The summed E-state index contributed by atoms with van der Waals surface area (Å²) in [5.41, 5.74) is 2.12. The summed E-state index contributed by atoms with van der Waals surface area (Å²) in [6.07, 6.45) is -1.22. The van der Waals surface area contributed by atoms with Crippen molar-refractivity contribution in [2.75, 3.05) is 26.3 Å². The molecule has 0 bridgehead atoms. The predicted molar refractivity (Wildman–Crippen MR) is 146 cm³/mol. The molecule has 41 heavy (non-hydrogen) atoms. The third-order valence-corrected chi connectivity index (χ3v) is 7.33. The van der Waals surface area contributed by atoms with Crippen LogP contribution in [0.4, 0.5) is 13.2 Å². The van der Waals surface area contributed by atoms with E-state index in [4.69, 9.17) is 4.74 Å². The molecule has 0 atom stereocenters. The number of hydrogen-bond acceptors (Lipinski definition) is 5. The van der Waals surface area contributed by atoms with Gasteiger partial charge in [0, 0.05) is 50.3 Å². The average Bonchev–Trinajstić information content (AvgIpc) is 3.68. The fraction of sp³-hybridized carbons (Fsp3) is 0.387. The second-order valence-corrected chi connectivity index (χ2v) is 10.5. The van der Waals surface area contributed by atoms with Gasteiger partial charge in [-0.05, 0) is 54.5 Å².